The van der Waals surface area contributed by atoms with Gasteiger partial charge < -0.3 is 10.3 Å². The summed E-state index contributed by atoms with van der Waals surface area (Å²) in [6.45, 7) is 1.36. The first kappa shape index (κ1) is 15.8. The van der Waals surface area contributed by atoms with Gasteiger partial charge in [-0.25, -0.2) is 24.0 Å². The van der Waals surface area contributed by atoms with Crippen molar-refractivity contribution in [2.75, 3.05) is 32.6 Å². The summed E-state index contributed by atoms with van der Waals surface area (Å²) in [5, 5.41) is 0. The van der Waals surface area contributed by atoms with Crippen LogP contribution in [0.1, 0.15) is 12.8 Å². The monoisotopic (exact) mass is 287 g/mol. The number of pyridine rings is 1. The minimum Gasteiger partial charge on any atom is -0.309 e. The molecule has 0 fully saturated rings. The number of unbranched alkanes of at least 4 members (excludes halogenated alkanes) is 1. The normalized spacial score (nSPS) is 11.8. The van der Waals surface area contributed by atoms with Crippen LogP contribution in [0.15, 0.2) is 23.2 Å². The number of nitrogens with one attached hydrogen (secondary N) is 2. The van der Waals surface area contributed by atoms with Crippen LogP contribution in [0.25, 0.3) is 0 Å². The average Bonchev–Trinajstić information content (AvgIpc) is 2.38. The highest BCUT2D eigenvalue weighted by Crippen LogP contribution is 2.11. The van der Waals surface area contributed by atoms with Gasteiger partial charge in [-0.1, -0.05) is 0 Å². The molecule has 0 saturated carbocycles. The Morgan fingerprint density at radius 3 is 2.74 bits per heavy atom. The Labute approximate surface area is 114 Å². The average molecular weight is 287 g/mol. The van der Waals surface area contributed by atoms with Crippen LogP contribution in [-0.4, -0.2) is 45.5 Å². The van der Waals surface area contributed by atoms with Crippen molar-refractivity contribution in [3.05, 3.63) is 18.3 Å². The molecule has 0 aliphatic carbocycles. The van der Waals surface area contributed by atoms with Crippen molar-refractivity contribution in [3.63, 3.8) is 0 Å². The molecule has 4 N–H and O–H groups in total. The SMILES string of the molecule is CN(C)CCCCNS(=O)(=O)c1ccnc(NN)c1. The van der Waals surface area contributed by atoms with Crippen molar-refractivity contribution in [1.29, 1.82) is 0 Å². The first-order chi connectivity index (χ1) is 8.95. The number of hydrogen-bond donors (Lipinski definition) is 3. The summed E-state index contributed by atoms with van der Waals surface area (Å²) >= 11 is 0. The number of sulfonamides is 1. The summed E-state index contributed by atoms with van der Waals surface area (Å²) in [7, 11) is 0.484. The van der Waals surface area contributed by atoms with Crippen molar-refractivity contribution >= 4 is 15.8 Å². The first-order valence-corrected chi connectivity index (χ1v) is 7.51. The molecule has 108 valence electrons. The third-order valence-electron chi connectivity index (χ3n) is 2.51. The van der Waals surface area contributed by atoms with Crippen LogP contribution in [0.3, 0.4) is 0 Å². The maximum Gasteiger partial charge on any atom is 0.240 e. The van der Waals surface area contributed by atoms with Gasteiger partial charge in [-0.2, -0.15) is 0 Å². The molecule has 8 heteroatoms. The van der Waals surface area contributed by atoms with E-state index in [-0.39, 0.29) is 4.90 Å². The van der Waals surface area contributed by atoms with Crippen LogP contribution in [0, 0.1) is 0 Å². The van der Waals surface area contributed by atoms with Crippen molar-refractivity contribution in [3.8, 4) is 0 Å². The van der Waals surface area contributed by atoms with Gasteiger partial charge in [0, 0.05) is 18.8 Å². The molecular formula is C11H21N5O2S. The zero-order chi connectivity index (χ0) is 14.3. The highest BCUT2D eigenvalue weighted by molar-refractivity contribution is 7.89. The van der Waals surface area contributed by atoms with E-state index in [0.29, 0.717) is 12.4 Å². The predicted molar refractivity (Wildman–Crippen MR) is 75.0 cm³/mol. The van der Waals surface area contributed by atoms with E-state index < -0.39 is 10.0 Å². The molecule has 0 aromatic carbocycles. The number of hydrazine groups is 1. The number of nitrogens with two attached hydrogens (primary N) is 1. The minimum atomic E-state index is -3.49. The molecule has 1 rings (SSSR count). The van der Waals surface area contributed by atoms with Crippen LogP contribution in [0.5, 0.6) is 0 Å². The van der Waals surface area contributed by atoms with Crippen molar-refractivity contribution < 1.29 is 8.42 Å². The van der Waals surface area contributed by atoms with Crippen LogP contribution in [0.4, 0.5) is 5.82 Å². The molecule has 7 nitrogen and oxygen atoms in total. The summed E-state index contributed by atoms with van der Waals surface area (Å²) in [6, 6.07) is 2.82. The highest BCUT2D eigenvalue weighted by atomic mass is 32.2. The van der Waals surface area contributed by atoms with Crippen LogP contribution < -0.4 is 16.0 Å². The van der Waals surface area contributed by atoms with Gasteiger partial charge in [0.25, 0.3) is 0 Å². The topological polar surface area (TPSA) is 100 Å². The Kier molecular flexibility index (Phi) is 6.16. The van der Waals surface area contributed by atoms with Crippen molar-refractivity contribution in [2.45, 2.75) is 17.7 Å². The standard InChI is InChI=1S/C11H21N5O2S/c1-16(2)8-4-3-6-14-19(17,18)10-5-7-13-11(9-10)15-12/h5,7,9,14H,3-4,6,8,12H2,1-2H3,(H,13,15). The Balaban J connectivity index is 2.51. The van der Waals surface area contributed by atoms with Crippen molar-refractivity contribution in [2.24, 2.45) is 5.84 Å². The van der Waals surface area contributed by atoms with Gasteiger partial charge in [0.1, 0.15) is 5.82 Å². The summed E-state index contributed by atoms with van der Waals surface area (Å²) in [4.78, 5) is 6.09. The largest absolute Gasteiger partial charge is 0.309 e. The molecule has 0 aliphatic heterocycles. The van der Waals surface area contributed by atoms with E-state index in [2.05, 4.69) is 20.0 Å². The molecule has 0 atom stereocenters. The third-order valence-corrected chi connectivity index (χ3v) is 3.97. The lowest BCUT2D eigenvalue weighted by molar-refractivity contribution is 0.394. The maximum atomic E-state index is 12.0. The summed E-state index contributed by atoms with van der Waals surface area (Å²) in [6.07, 6.45) is 3.14. The summed E-state index contributed by atoms with van der Waals surface area (Å²) in [5.41, 5.74) is 2.32. The van der Waals surface area contributed by atoms with Gasteiger partial charge in [0.05, 0.1) is 4.90 Å². The van der Waals surface area contributed by atoms with E-state index in [1.54, 1.807) is 0 Å². The lowest BCUT2D eigenvalue weighted by Crippen LogP contribution is -2.26. The molecule has 0 spiro atoms. The molecule has 1 aromatic heterocycles. The molecule has 0 aliphatic rings. The molecule has 0 radical (unpaired) electrons. The Bertz CT molecular complexity index is 490. The zero-order valence-corrected chi connectivity index (χ0v) is 12.1. The Morgan fingerprint density at radius 2 is 2.11 bits per heavy atom. The van der Waals surface area contributed by atoms with Crippen LogP contribution >= 0.6 is 0 Å². The van der Waals surface area contributed by atoms with E-state index in [4.69, 9.17) is 5.84 Å². The predicted octanol–water partition coefficient (Wildman–Crippen LogP) is -0.0127. The molecule has 0 unspecified atom stereocenters. The summed E-state index contributed by atoms with van der Waals surface area (Å²) in [5.74, 6) is 5.51. The molecule has 0 amide bonds. The van der Waals surface area contributed by atoms with Crippen LogP contribution in [-0.2, 0) is 10.0 Å². The zero-order valence-electron chi connectivity index (χ0n) is 11.3. The number of nitrogen functional groups attached to an aromatic ring is 1. The van der Waals surface area contributed by atoms with Gasteiger partial charge in [-0.3, -0.25) is 0 Å². The molecule has 0 saturated heterocycles. The fourth-order valence-electron chi connectivity index (χ4n) is 1.50. The number of rotatable bonds is 8. The van der Waals surface area contributed by atoms with Gasteiger partial charge >= 0.3 is 0 Å². The van der Waals surface area contributed by atoms with Crippen molar-refractivity contribution in [1.82, 2.24) is 14.6 Å². The van der Waals surface area contributed by atoms with E-state index in [9.17, 15) is 8.42 Å². The fraction of sp³-hybridized carbons (Fsp3) is 0.545. The lowest BCUT2D eigenvalue weighted by Gasteiger charge is -2.10. The second-order valence-electron chi connectivity index (χ2n) is 4.43. The number of nitrogens with zero attached hydrogens (tertiary/aromatic N) is 2. The smallest absolute Gasteiger partial charge is 0.240 e. The molecule has 0 bridgehead atoms. The second-order valence-corrected chi connectivity index (χ2v) is 6.20. The number of anilines is 1. The van der Waals surface area contributed by atoms with E-state index in [1.165, 1.54) is 18.3 Å². The lowest BCUT2D eigenvalue weighted by atomic mass is 10.3. The first-order valence-electron chi connectivity index (χ1n) is 6.03. The second kappa shape index (κ2) is 7.39. The number of hydrogen-bond acceptors (Lipinski definition) is 6. The third kappa shape index (κ3) is 5.52. The van der Waals surface area contributed by atoms with Gasteiger partial charge in [-0.05, 0) is 39.5 Å². The van der Waals surface area contributed by atoms with E-state index >= 15 is 0 Å². The number of aromatic nitrogens is 1. The van der Waals surface area contributed by atoms with Gasteiger partial charge in [0.15, 0.2) is 0 Å². The summed E-state index contributed by atoms with van der Waals surface area (Å²) < 4.78 is 26.5. The Morgan fingerprint density at radius 1 is 1.37 bits per heavy atom. The quantitative estimate of drug-likeness (QED) is 0.353. The van der Waals surface area contributed by atoms with Crippen LogP contribution in [0.2, 0.25) is 0 Å². The molecule has 1 heterocycles. The molecular weight excluding hydrogens is 266 g/mol. The molecule has 1 aromatic rings. The van der Waals surface area contributed by atoms with Gasteiger partial charge in [-0.15, -0.1) is 0 Å². The van der Waals surface area contributed by atoms with E-state index in [0.717, 1.165) is 19.4 Å². The maximum absolute atomic E-state index is 12.0. The minimum absolute atomic E-state index is 0.156. The fourth-order valence-corrected chi connectivity index (χ4v) is 2.59. The van der Waals surface area contributed by atoms with E-state index in [1.807, 2.05) is 14.1 Å². The highest BCUT2D eigenvalue weighted by Gasteiger charge is 2.13. The molecule has 19 heavy (non-hydrogen) atoms. The van der Waals surface area contributed by atoms with Gasteiger partial charge in [0.2, 0.25) is 10.0 Å². The Hall–Kier alpha value is -1.22.